The number of fused-ring (bicyclic) bond motifs is 1. The fraction of sp³-hybridized carbons (Fsp3) is 0.333. The first-order valence-electron chi connectivity index (χ1n) is 12.9. The third kappa shape index (κ3) is 6.25. The van der Waals surface area contributed by atoms with Crippen LogP contribution < -0.4 is 5.32 Å². The maximum absolute atomic E-state index is 14.0. The van der Waals surface area contributed by atoms with E-state index in [1.807, 2.05) is 76.2 Å². The minimum Gasteiger partial charge on any atom is -0.349 e. The van der Waals surface area contributed by atoms with E-state index in [2.05, 4.69) is 15.6 Å². The average Bonchev–Trinajstić information content (AvgIpc) is 3.30. The number of hydrogen-bond acceptors (Lipinski definition) is 4. The van der Waals surface area contributed by atoms with Gasteiger partial charge >= 0.3 is 0 Å². The lowest BCUT2D eigenvalue weighted by Gasteiger charge is -2.34. The van der Waals surface area contributed by atoms with Crippen LogP contribution in [-0.2, 0) is 22.6 Å². The monoisotopic (exact) mass is 515 g/mol. The molecule has 38 heavy (non-hydrogen) atoms. The summed E-state index contributed by atoms with van der Waals surface area (Å²) in [4.78, 5) is 29.4. The molecule has 1 aromatic heterocycles. The van der Waals surface area contributed by atoms with Gasteiger partial charge in [0.05, 0.1) is 5.52 Å². The first kappa shape index (κ1) is 27.0. The quantitative estimate of drug-likeness (QED) is 0.323. The Morgan fingerprint density at radius 1 is 1.03 bits per heavy atom. The Morgan fingerprint density at radius 3 is 2.42 bits per heavy atom. The van der Waals surface area contributed by atoms with Crippen molar-refractivity contribution in [2.75, 3.05) is 6.54 Å². The molecule has 0 fully saturated rings. The molecule has 0 radical (unpaired) electrons. The van der Waals surface area contributed by atoms with Crippen LogP contribution in [0.25, 0.3) is 11.0 Å². The van der Waals surface area contributed by atoms with Crippen LogP contribution in [0.15, 0.2) is 72.8 Å². The molecule has 198 valence electrons. The van der Waals surface area contributed by atoms with Gasteiger partial charge in [-0.3, -0.25) is 9.59 Å². The lowest BCUT2D eigenvalue weighted by atomic mass is 9.98. The normalized spacial score (nSPS) is 12.3. The van der Waals surface area contributed by atoms with E-state index in [0.717, 1.165) is 16.6 Å². The first-order valence-corrected chi connectivity index (χ1v) is 12.9. The van der Waals surface area contributed by atoms with Gasteiger partial charge in [-0.1, -0.05) is 60.7 Å². The topological polar surface area (TPSA) is 80.1 Å². The maximum atomic E-state index is 14.0. The summed E-state index contributed by atoms with van der Waals surface area (Å²) in [5, 5.41) is 11.4. The van der Waals surface area contributed by atoms with E-state index in [1.54, 1.807) is 21.7 Å². The Balaban J connectivity index is 1.73. The standard InChI is InChI=1S/C30H34FN5O2/c1-5-30(3,4)32-29(38)28(23-14-16-24(31)17-15-23)35(19-18-22-11-7-6-10-21(22)2)27(37)20-36-26-13-9-8-12-25(26)33-34-36/h6-17,28H,5,18-20H2,1-4H3,(H,32,38). The van der Waals surface area contributed by atoms with Crippen LogP contribution in [0.1, 0.15) is 49.9 Å². The number of halogens is 1. The highest BCUT2D eigenvalue weighted by Gasteiger charge is 2.34. The summed E-state index contributed by atoms with van der Waals surface area (Å²) in [6.45, 7) is 8.09. The molecule has 4 aromatic rings. The second kappa shape index (κ2) is 11.5. The molecule has 0 aliphatic rings. The van der Waals surface area contributed by atoms with Gasteiger partial charge < -0.3 is 10.2 Å². The number of aromatic nitrogens is 3. The Bertz CT molecular complexity index is 1410. The number of hydrogen-bond donors (Lipinski definition) is 1. The van der Waals surface area contributed by atoms with Gasteiger partial charge in [0.1, 0.15) is 23.9 Å². The van der Waals surface area contributed by atoms with Crippen molar-refractivity contribution >= 4 is 22.8 Å². The predicted molar refractivity (Wildman–Crippen MR) is 146 cm³/mol. The highest BCUT2D eigenvalue weighted by atomic mass is 19.1. The summed E-state index contributed by atoms with van der Waals surface area (Å²) in [7, 11) is 0. The fourth-order valence-electron chi connectivity index (χ4n) is 4.39. The number of carbonyl (C=O) groups is 2. The van der Waals surface area contributed by atoms with Crippen LogP contribution in [0.3, 0.4) is 0 Å². The second-order valence-electron chi connectivity index (χ2n) is 10.2. The van der Waals surface area contributed by atoms with Crippen LogP contribution in [0.4, 0.5) is 4.39 Å². The summed E-state index contributed by atoms with van der Waals surface area (Å²) in [5.74, 6) is -1.01. The number of amides is 2. The molecule has 2 amide bonds. The average molecular weight is 516 g/mol. The van der Waals surface area contributed by atoms with Crippen LogP contribution >= 0.6 is 0 Å². The van der Waals surface area contributed by atoms with Gasteiger partial charge in [0.2, 0.25) is 11.8 Å². The van der Waals surface area contributed by atoms with Crippen molar-refractivity contribution in [2.45, 2.75) is 58.7 Å². The lowest BCUT2D eigenvalue weighted by molar-refractivity contribution is -0.142. The van der Waals surface area contributed by atoms with E-state index in [4.69, 9.17) is 0 Å². The predicted octanol–water partition coefficient (Wildman–Crippen LogP) is 5.00. The fourth-order valence-corrected chi connectivity index (χ4v) is 4.39. The van der Waals surface area contributed by atoms with Crippen LogP contribution in [-0.4, -0.2) is 43.8 Å². The molecule has 4 rings (SSSR count). The molecular formula is C30H34FN5O2. The highest BCUT2D eigenvalue weighted by Crippen LogP contribution is 2.25. The molecule has 0 bridgehead atoms. The van der Waals surface area contributed by atoms with Crippen molar-refractivity contribution in [3.8, 4) is 0 Å². The first-order chi connectivity index (χ1) is 18.2. The van der Waals surface area contributed by atoms with Crippen LogP contribution in [0.5, 0.6) is 0 Å². The van der Waals surface area contributed by atoms with Crippen molar-refractivity contribution in [3.05, 3.63) is 95.3 Å². The maximum Gasteiger partial charge on any atom is 0.247 e. The number of para-hydroxylation sites is 1. The zero-order valence-corrected chi connectivity index (χ0v) is 22.3. The molecule has 0 aliphatic heterocycles. The summed E-state index contributed by atoms with van der Waals surface area (Å²) in [6.07, 6.45) is 1.26. The molecule has 0 saturated heterocycles. The van der Waals surface area contributed by atoms with Crippen molar-refractivity contribution in [1.82, 2.24) is 25.2 Å². The van der Waals surface area contributed by atoms with E-state index in [0.29, 0.717) is 30.5 Å². The van der Waals surface area contributed by atoms with Gasteiger partial charge in [-0.05, 0) is 74.6 Å². The van der Waals surface area contributed by atoms with Crippen molar-refractivity contribution in [2.24, 2.45) is 0 Å². The summed E-state index contributed by atoms with van der Waals surface area (Å²) >= 11 is 0. The van der Waals surface area contributed by atoms with Gasteiger partial charge in [-0.25, -0.2) is 9.07 Å². The third-order valence-corrected chi connectivity index (χ3v) is 7.00. The largest absolute Gasteiger partial charge is 0.349 e. The van der Waals surface area contributed by atoms with Gasteiger partial charge in [-0.2, -0.15) is 0 Å². The molecule has 1 unspecified atom stereocenters. The number of rotatable bonds is 10. The van der Waals surface area contributed by atoms with E-state index >= 15 is 0 Å². The Labute approximate surface area is 222 Å². The minimum atomic E-state index is -0.951. The molecule has 1 atom stereocenters. The number of aryl methyl sites for hydroxylation is 1. The Kier molecular flexibility index (Phi) is 8.20. The van der Waals surface area contributed by atoms with E-state index in [-0.39, 0.29) is 18.4 Å². The zero-order valence-electron chi connectivity index (χ0n) is 22.3. The number of nitrogens with zero attached hydrogens (tertiary/aromatic N) is 4. The van der Waals surface area contributed by atoms with Crippen LogP contribution in [0.2, 0.25) is 0 Å². The second-order valence-corrected chi connectivity index (χ2v) is 10.2. The van der Waals surface area contributed by atoms with Gasteiger partial charge in [0.15, 0.2) is 0 Å². The van der Waals surface area contributed by atoms with Gasteiger partial charge in [-0.15, -0.1) is 5.10 Å². The molecule has 8 heteroatoms. The molecule has 0 aliphatic carbocycles. The highest BCUT2D eigenvalue weighted by molar-refractivity contribution is 5.89. The van der Waals surface area contributed by atoms with Crippen molar-refractivity contribution in [1.29, 1.82) is 0 Å². The van der Waals surface area contributed by atoms with Crippen molar-refractivity contribution in [3.63, 3.8) is 0 Å². The zero-order chi connectivity index (χ0) is 27.3. The number of carbonyl (C=O) groups excluding carboxylic acids is 2. The van der Waals surface area contributed by atoms with Gasteiger partial charge in [0.25, 0.3) is 0 Å². The summed E-state index contributed by atoms with van der Waals surface area (Å²) in [5.41, 5.74) is 3.67. The number of nitrogens with one attached hydrogen (secondary N) is 1. The van der Waals surface area contributed by atoms with E-state index in [9.17, 15) is 14.0 Å². The molecule has 1 heterocycles. The molecule has 1 N–H and O–H groups in total. The van der Waals surface area contributed by atoms with Gasteiger partial charge in [0, 0.05) is 12.1 Å². The van der Waals surface area contributed by atoms with E-state index < -0.39 is 17.4 Å². The number of benzene rings is 3. The van der Waals surface area contributed by atoms with Crippen molar-refractivity contribution < 1.29 is 14.0 Å². The Morgan fingerprint density at radius 2 is 1.71 bits per heavy atom. The molecule has 7 nitrogen and oxygen atoms in total. The van der Waals surface area contributed by atoms with E-state index in [1.165, 1.54) is 12.1 Å². The molecule has 3 aromatic carbocycles. The molecule has 0 spiro atoms. The smallest absolute Gasteiger partial charge is 0.247 e. The molecule has 0 saturated carbocycles. The molecular weight excluding hydrogens is 481 g/mol. The minimum absolute atomic E-state index is 0.0869. The third-order valence-electron chi connectivity index (χ3n) is 7.00. The summed E-state index contributed by atoms with van der Waals surface area (Å²) in [6, 6.07) is 20.2. The Hall–Kier alpha value is -4.07. The SMILES string of the molecule is CCC(C)(C)NC(=O)C(c1ccc(F)cc1)N(CCc1ccccc1C)C(=O)Cn1nnc2ccccc21. The summed E-state index contributed by atoms with van der Waals surface area (Å²) < 4.78 is 15.4. The van der Waals surface area contributed by atoms with Crippen LogP contribution in [0, 0.1) is 12.7 Å². The lowest BCUT2D eigenvalue weighted by Crippen LogP contribution is -2.51.